The van der Waals surface area contributed by atoms with Gasteiger partial charge >= 0.3 is 5.97 Å². The summed E-state index contributed by atoms with van der Waals surface area (Å²) < 4.78 is 0. The van der Waals surface area contributed by atoms with Gasteiger partial charge in [0.1, 0.15) is 5.56 Å². The summed E-state index contributed by atoms with van der Waals surface area (Å²) in [7, 11) is 2.19. The summed E-state index contributed by atoms with van der Waals surface area (Å²) in [5, 5.41) is 9.27. The molecule has 2 bridgehead atoms. The van der Waals surface area contributed by atoms with E-state index in [-0.39, 0.29) is 0 Å². The molecule has 3 rings (SSSR count). The van der Waals surface area contributed by atoms with Crippen molar-refractivity contribution in [2.45, 2.75) is 31.3 Å². The van der Waals surface area contributed by atoms with E-state index in [0.29, 0.717) is 17.6 Å². The molecule has 0 spiro atoms. The van der Waals surface area contributed by atoms with Crippen LogP contribution in [0.5, 0.6) is 0 Å². The van der Waals surface area contributed by atoms with Crippen molar-refractivity contribution >= 4 is 11.7 Å². The molecule has 19 heavy (non-hydrogen) atoms. The van der Waals surface area contributed by atoms with Crippen LogP contribution in [0.25, 0.3) is 0 Å². The number of aromatic carboxylic acids is 1. The summed E-state index contributed by atoms with van der Waals surface area (Å²) in [5.41, 5.74) is 1.12. The lowest BCUT2D eigenvalue weighted by Gasteiger charge is -2.28. The summed E-state index contributed by atoms with van der Waals surface area (Å²) in [5.74, 6) is -0.897. The molecule has 2 unspecified atom stereocenters. The van der Waals surface area contributed by atoms with Crippen molar-refractivity contribution in [1.82, 2.24) is 9.88 Å². The molecule has 0 aliphatic carbocycles. The van der Waals surface area contributed by atoms with E-state index in [4.69, 9.17) is 0 Å². The highest BCUT2D eigenvalue weighted by Gasteiger charge is 2.35. The third-order valence-electron chi connectivity index (χ3n) is 4.52. The van der Waals surface area contributed by atoms with Gasteiger partial charge in [0.25, 0.3) is 0 Å². The van der Waals surface area contributed by atoms with Gasteiger partial charge in [-0.2, -0.15) is 0 Å². The Balaban J connectivity index is 1.89. The first-order valence-corrected chi connectivity index (χ1v) is 6.81. The van der Waals surface area contributed by atoms with E-state index in [1.165, 1.54) is 19.0 Å². The predicted molar refractivity (Wildman–Crippen MR) is 72.6 cm³/mol. The Bertz CT molecular complexity index is 491. The van der Waals surface area contributed by atoms with Gasteiger partial charge in [-0.05, 0) is 32.4 Å². The molecule has 2 saturated heterocycles. The SMILES string of the molecule is CN1C2CCC1CN(c1ccncc1C(=O)O)CC2. The standard InChI is InChI=1S/C14H19N3O2/c1-16-10-2-3-11(16)9-17(7-5-10)13-4-6-15-8-12(13)14(18)19/h4,6,8,10-11H,2-3,5,7,9H2,1H3,(H,18,19). The molecule has 1 N–H and O–H groups in total. The molecular formula is C14H19N3O2. The van der Waals surface area contributed by atoms with Crippen LogP contribution in [0.1, 0.15) is 29.6 Å². The number of pyridine rings is 1. The number of carboxylic acids is 1. The first-order chi connectivity index (χ1) is 9.16. The molecule has 0 amide bonds. The van der Waals surface area contributed by atoms with Crippen LogP contribution in [0.3, 0.4) is 0 Å². The zero-order chi connectivity index (χ0) is 13.4. The highest BCUT2D eigenvalue weighted by atomic mass is 16.4. The quantitative estimate of drug-likeness (QED) is 0.873. The average Bonchev–Trinajstić information content (AvgIpc) is 2.63. The highest BCUT2D eigenvalue weighted by Crippen LogP contribution is 2.31. The number of aromatic nitrogens is 1. The van der Waals surface area contributed by atoms with E-state index < -0.39 is 5.97 Å². The minimum Gasteiger partial charge on any atom is -0.478 e. The number of hydrogen-bond donors (Lipinski definition) is 1. The molecule has 0 radical (unpaired) electrons. The number of nitrogens with zero attached hydrogens (tertiary/aromatic N) is 3. The molecule has 2 fully saturated rings. The van der Waals surface area contributed by atoms with E-state index in [2.05, 4.69) is 21.8 Å². The maximum absolute atomic E-state index is 11.3. The van der Waals surface area contributed by atoms with Crippen LogP contribution in [-0.4, -0.2) is 53.2 Å². The molecule has 2 aliphatic rings. The highest BCUT2D eigenvalue weighted by molar-refractivity contribution is 5.94. The van der Waals surface area contributed by atoms with Crippen LogP contribution in [0.15, 0.2) is 18.5 Å². The van der Waals surface area contributed by atoms with Crippen LogP contribution in [0, 0.1) is 0 Å². The molecule has 2 atom stereocenters. The van der Waals surface area contributed by atoms with Crippen molar-refractivity contribution in [2.75, 3.05) is 25.0 Å². The van der Waals surface area contributed by atoms with Crippen molar-refractivity contribution < 1.29 is 9.90 Å². The Morgan fingerprint density at radius 3 is 2.95 bits per heavy atom. The topological polar surface area (TPSA) is 56.7 Å². The maximum Gasteiger partial charge on any atom is 0.339 e. The van der Waals surface area contributed by atoms with Crippen molar-refractivity contribution in [3.8, 4) is 0 Å². The molecule has 1 aromatic rings. The number of carbonyl (C=O) groups is 1. The number of likely N-dealkylation sites (N-methyl/N-ethyl adjacent to an activating group) is 1. The van der Waals surface area contributed by atoms with Crippen LogP contribution >= 0.6 is 0 Å². The smallest absolute Gasteiger partial charge is 0.339 e. The molecule has 2 aliphatic heterocycles. The van der Waals surface area contributed by atoms with E-state index >= 15 is 0 Å². The molecular weight excluding hydrogens is 242 g/mol. The summed E-state index contributed by atoms with van der Waals surface area (Å²) in [6, 6.07) is 3.02. The summed E-state index contributed by atoms with van der Waals surface area (Å²) >= 11 is 0. The van der Waals surface area contributed by atoms with Gasteiger partial charge in [-0.3, -0.25) is 9.88 Å². The first kappa shape index (κ1) is 12.4. The molecule has 102 valence electrons. The minimum atomic E-state index is -0.897. The third kappa shape index (κ3) is 2.18. The average molecular weight is 261 g/mol. The van der Waals surface area contributed by atoms with Gasteiger partial charge in [-0.15, -0.1) is 0 Å². The molecule has 0 saturated carbocycles. The normalized spacial score (nSPS) is 27.3. The van der Waals surface area contributed by atoms with Crippen LogP contribution in [0.4, 0.5) is 5.69 Å². The maximum atomic E-state index is 11.3. The second-order valence-corrected chi connectivity index (χ2v) is 5.48. The number of anilines is 1. The number of rotatable bonds is 2. The molecule has 1 aromatic heterocycles. The van der Waals surface area contributed by atoms with Crippen molar-refractivity contribution in [1.29, 1.82) is 0 Å². The van der Waals surface area contributed by atoms with Gasteiger partial charge in [0.05, 0.1) is 5.69 Å². The third-order valence-corrected chi connectivity index (χ3v) is 4.52. The van der Waals surface area contributed by atoms with Crippen molar-refractivity contribution in [3.63, 3.8) is 0 Å². The van der Waals surface area contributed by atoms with Gasteiger partial charge in [0, 0.05) is 37.6 Å². The largest absolute Gasteiger partial charge is 0.478 e. The number of fused-ring (bicyclic) bond motifs is 2. The Morgan fingerprint density at radius 2 is 2.16 bits per heavy atom. The van der Waals surface area contributed by atoms with Crippen LogP contribution in [0.2, 0.25) is 0 Å². The lowest BCUT2D eigenvalue weighted by atomic mass is 10.1. The monoisotopic (exact) mass is 261 g/mol. The van der Waals surface area contributed by atoms with Crippen molar-refractivity contribution in [3.05, 3.63) is 24.0 Å². The van der Waals surface area contributed by atoms with E-state index in [0.717, 1.165) is 25.2 Å². The summed E-state index contributed by atoms with van der Waals surface area (Å²) in [6.45, 7) is 1.84. The second kappa shape index (κ2) is 4.81. The fourth-order valence-corrected chi connectivity index (χ4v) is 3.36. The first-order valence-electron chi connectivity index (χ1n) is 6.81. The van der Waals surface area contributed by atoms with Gasteiger partial charge in [-0.1, -0.05) is 0 Å². The fraction of sp³-hybridized carbons (Fsp3) is 0.571. The predicted octanol–water partition coefficient (Wildman–Crippen LogP) is 1.45. The Hall–Kier alpha value is -1.62. The Kier molecular flexibility index (Phi) is 3.14. The fourth-order valence-electron chi connectivity index (χ4n) is 3.36. The van der Waals surface area contributed by atoms with Gasteiger partial charge in [0.15, 0.2) is 0 Å². The lowest BCUT2D eigenvalue weighted by Crippen LogP contribution is -2.37. The van der Waals surface area contributed by atoms with Gasteiger partial charge in [-0.25, -0.2) is 4.79 Å². The molecule has 5 heteroatoms. The summed E-state index contributed by atoms with van der Waals surface area (Å²) in [4.78, 5) is 19.9. The van der Waals surface area contributed by atoms with E-state index in [9.17, 15) is 9.90 Å². The Labute approximate surface area is 112 Å². The lowest BCUT2D eigenvalue weighted by molar-refractivity contribution is 0.0697. The number of carboxylic acid groups (broad SMARTS) is 1. The zero-order valence-corrected chi connectivity index (χ0v) is 11.1. The van der Waals surface area contributed by atoms with Crippen molar-refractivity contribution in [2.24, 2.45) is 0 Å². The molecule has 5 nitrogen and oxygen atoms in total. The van der Waals surface area contributed by atoms with Gasteiger partial charge < -0.3 is 10.0 Å². The minimum absolute atomic E-state index is 0.308. The molecule has 3 heterocycles. The molecule has 0 aromatic carbocycles. The zero-order valence-electron chi connectivity index (χ0n) is 11.1. The van der Waals surface area contributed by atoms with Gasteiger partial charge in [0.2, 0.25) is 0 Å². The van der Waals surface area contributed by atoms with E-state index in [1.807, 2.05) is 6.07 Å². The number of hydrogen-bond acceptors (Lipinski definition) is 4. The second-order valence-electron chi connectivity index (χ2n) is 5.48. The van der Waals surface area contributed by atoms with E-state index in [1.54, 1.807) is 6.20 Å². The van der Waals surface area contributed by atoms with Crippen LogP contribution in [-0.2, 0) is 0 Å². The Morgan fingerprint density at radius 1 is 1.37 bits per heavy atom. The van der Waals surface area contributed by atoms with Crippen LogP contribution < -0.4 is 4.90 Å². The summed E-state index contributed by atoms with van der Waals surface area (Å²) in [6.07, 6.45) is 6.72.